The summed E-state index contributed by atoms with van der Waals surface area (Å²) in [4.78, 5) is 0. The van der Waals surface area contributed by atoms with Crippen LogP contribution < -0.4 is 10.1 Å². The lowest BCUT2D eigenvalue weighted by atomic mass is 10.0. The van der Waals surface area contributed by atoms with Crippen molar-refractivity contribution in [1.29, 1.82) is 0 Å². The number of benzene rings is 2. The molecule has 0 aliphatic carbocycles. The highest BCUT2D eigenvalue weighted by Crippen LogP contribution is 2.31. The van der Waals surface area contributed by atoms with Crippen LogP contribution in [0, 0.1) is 5.82 Å². The fourth-order valence-corrected chi connectivity index (χ4v) is 2.82. The number of hydrogen-bond acceptors (Lipinski definition) is 2. The van der Waals surface area contributed by atoms with Gasteiger partial charge in [0.15, 0.2) is 0 Å². The topological polar surface area (TPSA) is 21.3 Å². The van der Waals surface area contributed by atoms with Crippen LogP contribution in [0.15, 0.2) is 40.9 Å². The molecule has 21 heavy (non-hydrogen) atoms. The molecule has 0 aliphatic rings. The third-order valence-electron chi connectivity index (χ3n) is 3.49. The van der Waals surface area contributed by atoms with Crippen molar-refractivity contribution >= 4 is 21.6 Å². The minimum atomic E-state index is -0.260. The number of halogens is 2. The highest BCUT2D eigenvalue weighted by molar-refractivity contribution is 9.10. The minimum Gasteiger partial charge on any atom is -0.496 e. The molecule has 0 fully saturated rings. The predicted molar refractivity (Wildman–Crippen MR) is 88.5 cm³/mol. The molecule has 1 unspecified atom stereocenters. The van der Waals surface area contributed by atoms with E-state index in [1.807, 2.05) is 19.1 Å². The Hall–Kier alpha value is -1.55. The lowest BCUT2D eigenvalue weighted by Gasteiger charge is -2.21. The maximum atomic E-state index is 14.1. The van der Waals surface area contributed by atoms with Gasteiger partial charge in [-0.2, -0.15) is 0 Å². The van der Waals surface area contributed by atoms with Gasteiger partial charge in [-0.25, -0.2) is 4.39 Å². The van der Waals surface area contributed by atoms with Crippen LogP contribution in [-0.2, 0) is 6.42 Å². The second-order valence-corrected chi connectivity index (χ2v) is 5.79. The molecule has 0 spiro atoms. The molecule has 112 valence electrons. The molecule has 2 aromatic rings. The van der Waals surface area contributed by atoms with Crippen LogP contribution >= 0.6 is 15.9 Å². The molecule has 0 amide bonds. The second kappa shape index (κ2) is 6.94. The number of hydrogen-bond donors (Lipinski definition) is 1. The maximum Gasteiger partial charge on any atom is 0.132 e. The zero-order valence-corrected chi connectivity index (χ0v) is 14.0. The van der Waals surface area contributed by atoms with Crippen molar-refractivity contribution < 1.29 is 9.13 Å². The molecule has 1 atom stereocenters. The molecule has 0 saturated heterocycles. The Morgan fingerprint density at radius 1 is 1.29 bits per heavy atom. The zero-order valence-electron chi connectivity index (χ0n) is 12.4. The van der Waals surface area contributed by atoms with Crippen molar-refractivity contribution in [2.24, 2.45) is 0 Å². The maximum absolute atomic E-state index is 14.1. The summed E-state index contributed by atoms with van der Waals surface area (Å²) in [6.45, 7) is 4.03. The van der Waals surface area contributed by atoms with Gasteiger partial charge in [0.1, 0.15) is 11.6 Å². The van der Waals surface area contributed by atoms with Gasteiger partial charge >= 0.3 is 0 Å². The van der Waals surface area contributed by atoms with Gasteiger partial charge in [0.25, 0.3) is 0 Å². The lowest BCUT2D eigenvalue weighted by molar-refractivity contribution is 0.402. The van der Waals surface area contributed by atoms with E-state index >= 15 is 0 Å². The van der Waals surface area contributed by atoms with Gasteiger partial charge in [-0.05, 0) is 49.2 Å². The van der Waals surface area contributed by atoms with E-state index in [1.54, 1.807) is 19.2 Å². The van der Waals surface area contributed by atoms with Crippen molar-refractivity contribution in [1.82, 2.24) is 0 Å². The number of rotatable bonds is 5. The predicted octanol–water partition coefficient (Wildman–Crippen LogP) is 5.33. The molecule has 0 aromatic heterocycles. The number of anilines is 1. The summed E-state index contributed by atoms with van der Waals surface area (Å²) in [5.74, 6) is 0.301. The highest BCUT2D eigenvalue weighted by Gasteiger charge is 2.17. The summed E-state index contributed by atoms with van der Waals surface area (Å²) in [7, 11) is 1.56. The van der Waals surface area contributed by atoms with Crippen LogP contribution in [0.2, 0.25) is 0 Å². The van der Waals surface area contributed by atoms with Crippen molar-refractivity contribution in [3.05, 3.63) is 57.8 Å². The van der Waals surface area contributed by atoms with E-state index in [4.69, 9.17) is 4.74 Å². The Kier molecular flexibility index (Phi) is 5.23. The number of aryl methyl sites for hydroxylation is 1. The van der Waals surface area contributed by atoms with Gasteiger partial charge in [0.2, 0.25) is 0 Å². The summed E-state index contributed by atoms with van der Waals surface area (Å²) in [5, 5.41) is 3.38. The van der Waals surface area contributed by atoms with E-state index in [9.17, 15) is 4.39 Å². The quantitative estimate of drug-likeness (QED) is 0.785. The Morgan fingerprint density at radius 3 is 2.71 bits per heavy atom. The standard InChI is InChI=1S/C17H19BrFNO/c1-4-12-10-13(18)8-9-15(12)20-11(2)17-14(19)6-5-7-16(17)21-3/h5-11,20H,4H2,1-3H3. The Morgan fingerprint density at radius 2 is 2.05 bits per heavy atom. The first-order valence-corrected chi connectivity index (χ1v) is 7.73. The number of methoxy groups -OCH3 is 1. The molecule has 1 N–H and O–H groups in total. The lowest BCUT2D eigenvalue weighted by Crippen LogP contribution is -2.11. The SMILES string of the molecule is CCc1cc(Br)ccc1NC(C)c1c(F)cccc1OC. The van der Waals surface area contributed by atoms with E-state index < -0.39 is 0 Å². The number of ether oxygens (including phenoxy) is 1. The average Bonchev–Trinajstić information content (AvgIpc) is 2.48. The summed E-state index contributed by atoms with van der Waals surface area (Å²) in [6, 6.07) is 10.8. The fourth-order valence-electron chi connectivity index (χ4n) is 2.42. The summed E-state index contributed by atoms with van der Waals surface area (Å²) >= 11 is 3.47. The van der Waals surface area contributed by atoms with Gasteiger partial charge in [0, 0.05) is 10.2 Å². The smallest absolute Gasteiger partial charge is 0.132 e. The van der Waals surface area contributed by atoms with Crippen LogP contribution in [0.25, 0.3) is 0 Å². The van der Waals surface area contributed by atoms with E-state index in [0.717, 1.165) is 16.6 Å². The molecule has 2 rings (SSSR count). The fraction of sp³-hybridized carbons (Fsp3) is 0.294. The monoisotopic (exact) mass is 351 g/mol. The van der Waals surface area contributed by atoms with Crippen LogP contribution in [0.1, 0.15) is 31.0 Å². The van der Waals surface area contributed by atoms with Crippen LogP contribution in [0.3, 0.4) is 0 Å². The van der Waals surface area contributed by atoms with Gasteiger partial charge < -0.3 is 10.1 Å². The largest absolute Gasteiger partial charge is 0.496 e. The Bertz CT molecular complexity index is 630. The average molecular weight is 352 g/mol. The van der Waals surface area contributed by atoms with Gasteiger partial charge in [-0.1, -0.05) is 28.9 Å². The molecule has 0 bridgehead atoms. The molecule has 0 saturated carbocycles. The van der Waals surface area contributed by atoms with E-state index in [0.29, 0.717) is 11.3 Å². The third kappa shape index (κ3) is 3.56. The molecule has 2 nitrogen and oxygen atoms in total. The van der Waals surface area contributed by atoms with Crippen LogP contribution in [-0.4, -0.2) is 7.11 Å². The number of nitrogens with one attached hydrogen (secondary N) is 1. The molecule has 2 aromatic carbocycles. The zero-order chi connectivity index (χ0) is 15.4. The molecule has 0 heterocycles. The Balaban J connectivity index is 2.32. The highest BCUT2D eigenvalue weighted by atomic mass is 79.9. The summed E-state index contributed by atoms with van der Waals surface area (Å²) < 4.78 is 20.4. The van der Waals surface area contributed by atoms with Gasteiger partial charge in [-0.15, -0.1) is 0 Å². The van der Waals surface area contributed by atoms with Crippen LogP contribution in [0.5, 0.6) is 5.75 Å². The van der Waals surface area contributed by atoms with Gasteiger partial charge in [0.05, 0.1) is 18.7 Å². The molecule has 0 aliphatic heterocycles. The summed E-state index contributed by atoms with van der Waals surface area (Å²) in [6.07, 6.45) is 0.906. The van der Waals surface area contributed by atoms with E-state index in [-0.39, 0.29) is 11.9 Å². The Labute approximate surface area is 133 Å². The first kappa shape index (κ1) is 15.8. The van der Waals surface area contributed by atoms with Crippen molar-refractivity contribution in [3.63, 3.8) is 0 Å². The third-order valence-corrected chi connectivity index (χ3v) is 3.98. The van der Waals surface area contributed by atoms with Crippen molar-refractivity contribution in [2.75, 3.05) is 12.4 Å². The molecular formula is C17H19BrFNO. The van der Waals surface area contributed by atoms with Crippen LogP contribution in [0.4, 0.5) is 10.1 Å². The van der Waals surface area contributed by atoms with E-state index in [1.165, 1.54) is 11.6 Å². The summed E-state index contributed by atoms with van der Waals surface area (Å²) in [5.41, 5.74) is 2.75. The van der Waals surface area contributed by atoms with E-state index in [2.05, 4.69) is 34.2 Å². The minimum absolute atomic E-state index is 0.187. The molecule has 4 heteroatoms. The van der Waals surface area contributed by atoms with Gasteiger partial charge in [-0.3, -0.25) is 0 Å². The first-order chi connectivity index (χ1) is 10.1. The molecular weight excluding hydrogens is 333 g/mol. The second-order valence-electron chi connectivity index (χ2n) is 4.88. The first-order valence-electron chi connectivity index (χ1n) is 6.94. The normalized spacial score (nSPS) is 12.0. The molecule has 0 radical (unpaired) electrons. The van der Waals surface area contributed by atoms with Crippen molar-refractivity contribution in [2.45, 2.75) is 26.3 Å². The van der Waals surface area contributed by atoms with Crippen molar-refractivity contribution in [3.8, 4) is 5.75 Å².